The lowest BCUT2D eigenvalue weighted by molar-refractivity contribution is -0.385. The molecule has 1 aliphatic carbocycles. The van der Waals surface area contributed by atoms with Gasteiger partial charge in [-0.2, -0.15) is 0 Å². The Morgan fingerprint density at radius 3 is 2.60 bits per heavy atom. The Hall–Kier alpha value is -1.37. The van der Waals surface area contributed by atoms with E-state index in [9.17, 15) is 15.2 Å². The van der Waals surface area contributed by atoms with Crippen LogP contribution in [-0.4, -0.2) is 23.2 Å². The lowest BCUT2D eigenvalue weighted by Gasteiger charge is -2.33. The molecule has 3 N–H and O–H groups in total. The van der Waals surface area contributed by atoms with Crippen molar-refractivity contribution in [2.45, 2.75) is 31.4 Å². The summed E-state index contributed by atoms with van der Waals surface area (Å²) in [4.78, 5) is 10.4. The van der Waals surface area contributed by atoms with Crippen molar-refractivity contribution < 1.29 is 14.8 Å². The van der Waals surface area contributed by atoms with E-state index in [1.165, 1.54) is 19.2 Å². The molecule has 2 atom stereocenters. The summed E-state index contributed by atoms with van der Waals surface area (Å²) in [5.74, 6) is 0.398. The van der Waals surface area contributed by atoms with Crippen LogP contribution < -0.4 is 10.5 Å². The fraction of sp³-hybridized carbons (Fsp3) is 0.538. The molecule has 0 radical (unpaired) electrons. The minimum Gasteiger partial charge on any atom is -0.490 e. The van der Waals surface area contributed by atoms with Gasteiger partial charge in [-0.3, -0.25) is 10.1 Å². The Labute approximate surface area is 123 Å². The van der Waals surface area contributed by atoms with E-state index in [1.807, 2.05) is 0 Å². The maximum Gasteiger partial charge on any atom is 0.311 e. The highest BCUT2D eigenvalue weighted by atomic mass is 35.5. The lowest BCUT2D eigenvalue weighted by atomic mass is 9.77. The van der Waals surface area contributed by atoms with E-state index in [2.05, 4.69) is 0 Å². The molecule has 20 heavy (non-hydrogen) atoms. The Kier molecular flexibility index (Phi) is 5.74. The zero-order valence-electron chi connectivity index (χ0n) is 11.2. The number of nitrogens with zero attached hydrogens (tertiary/aromatic N) is 1. The Bertz CT molecular complexity index is 479. The van der Waals surface area contributed by atoms with Gasteiger partial charge in [-0.1, -0.05) is 12.5 Å². The maximum atomic E-state index is 10.9. The highest BCUT2D eigenvalue weighted by Crippen LogP contribution is 2.36. The fourth-order valence-electron chi connectivity index (χ4n) is 2.33. The Morgan fingerprint density at radius 1 is 1.50 bits per heavy atom. The van der Waals surface area contributed by atoms with Gasteiger partial charge in [-0.05, 0) is 30.4 Å². The number of nitro benzene ring substituents is 1. The van der Waals surface area contributed by atoms with Crippen LogP contribution in [0.25, 0.3) is 0 Å². The molecular formula is C13H19ClN2O4. The summed E-state index contributed by atoms with van der Waals surface area (Å²) in [6.07, 6.45) is 2.39. The number of nitrogens with two attached hydrogens (primary N) is 1. The van der Waals surface area contributed by atoms with Crippen LogP contribution in [0.2, 0.25) is 0 Å². The van der Waals surface area contributed by atoms with Gasteiger partial charge in [0, 0.05) is 6.07 Å². The average Bonchev–Trinajstić information content (AvgIpc) is 2.34. The highest BCUT2D eigenvalue weighted by molar-refractivity contribution is 5.85. The predicted molar refractivity (Wildman–Crippen MR) is 77.2 cm³/mol. The first-order chi connectivity index (χ1) is 9.04. The molecule has 112 valence electrons. The summed E-state index contributed by atoms with van der Waals surface area (Å²) in [5.41, 5.74) is 6.43. The van der Waals surface area contributed by atoms with Crippen LogP contribution in [0.4, 0.5) is 5.69 Å². The third-order valence-corrected chi connectivity index (χ3v) is 3.79. The van der Waals surface area contributed by atoms with Gasteiger partial charge in [0.15, 0.2) is 5.75 Å². The zero-order chi connectivity index (χ0) is 14.0. The summed E-state index contributed by atoms with van der Waals surface area (Å²) < 4.78 is 4.94. The second-order valence-electron chi connectivity index (χ2n) is 4.90. The fourth-order valence-corrected chi connectivity index (χ4v) is 2.33. The number of hydrogen-bond donors (Lipinski definition) is 2. The van der Waals surface area contributed by atoms with E-state index in [4.69, 9.17) is 10.5 Å². The molecule has 7 heteroatoms. The number of aliphatic hydroxyl groups is 1. The molecule has 0 bridgehead atoms. The van der Waals surface area contributed by atoms with E-state index in [0.29, 0.717) is 5.56 Å². The van der Waals surface area contributed by atoms with E-state index in [-0.39, 0.29) is 29.8 Å². The van der Waals surface area contributed by atoms with Crippen LogP contribution in [0.3, 0.4) is 0 Å². The third kappa shape index (κ3) is 3.20. The van der Waals surface area contributed by atoms with Crippen LogP contribution in [0, 0.1) is 16.0 Å². The minimum absolute atomic E-state index is 0. The monoisotopic (exact) mass is 302 g/mol. The summed E-state index contributed by atoms with van der Waals surface area (Å²) in [6.45, 7) is 0. The first-order valence-corrected chi connectivity index (χ1v) is 6.30. The SMILES string of the molecule is COc1ccc([C@@H](N)[C@@H](O)C2CCC2)cc1[N+](=O)[O-].Cl. The average molecular weight is 303 g/mol. The van der Waals surface area contributed by atoms with E-state index >= 15 is 0 Å². The Morgan fingerprint density at radius 2 is 2.15 bits per heavy atom. The van der Waals surface area contributed by atoms with Crippen molar-refractivity contribution in [2.24, 2.45) is 11.7 Å². The molecule has 1 fully saturated rings. The standard InChI is InChI=1S/C13H18N2O4.ClH/c1-19-11-6-5-9(7-10(11)15(17)18)12(14)13(16)8-3-2-4-8;/h5-8,12-13,16H,2-4,14H2,1H3;1H/t12-,13+;/m1./s1. The topological polar surface area (TPSA) is 98.6 Å². The first kappa shape index (κ1) is 16.7. The van der Waals surface area contributed by atoms with Crippen molar-refractivity contribution in [3.8, 4) is 5.75 Å². The van der Waals surface area contributed by atoms with Crippen molar-refractivity contribution in [1.82, 2.24) is 0 Å². The van der Waals surface area contributed by atoms with Crippen LogP contribution in [0.15, 0.2) is 18.2 Å². The maximum absolute atomic E-state index is 10.9. The molecule has 0 aliphatic heterocycles. The van der Waals surface area contributed by atoms with Gasteiger partial charge < -0.3 is 15.6 Å². The van der Waals surface area contributed by atoms with E-state index < -0.39 is 17.1 Å². The molecule has 1 aromatic carbocycles. The highest BCUT2D eigenvalue weighted by Gasteiger charge is 2.31. The molecule has 1 saturated carbocycles. The minimum atomic E-state index is -0.651. The van der Waals surface area contributed by atoms with Gasteiger partial charge in [0.05, 0.1) is 24.2 Å². The van der Waals surface area contributed by atoms with Gasteiger partial charge in [0.1, 0.15) is 0 Å². The summed E-state index contributed by atoms with van der Waals surface area (Å²) >= 11 is 0. The second kappa shape index (κ2) is 6.88. The normalized spacial score (nSPS) is 17.6. The van der Waals surface area contributed by atoms with Gasteiger partial charge >= 0.3 is 5.69 Å². The number of hydrogen-bond acceptors (Lipinski definition) is 5. The van der Waals surface area contributed by atoms with Crippen LogP contribution in [0.1, 0.15) is 30.9 Å². The summed E-state index contributed by atoms with van der Waals surface area (Å²) in [5, 5.41) is 21.1. The first-order valence-electron chi connectivity index (χ1n) is 6.30. The van der Waals surface area contributed by atoms with Gasteiger partial charge in [-0.25, -0.2) is 0 Å². The largest absolute Gasteiger partial charge is 0.490 e. The van der Waals surface area contributed by atoms with E-state index in [1.54, 1.807) is 6.07 Å². The number of aliphatic hydroxyl groups excluding tert-OH is 1. The molecule has 1 aliphatic rings. The molecule has 0 saturated heterocycles. The van der Waals surface area contributed by atoms with Crippen molar-refractivity contribution in [3.05, 3.63) is 33.9 Å². The molecule has 1 aromatic rings. The molecule has 0 unspecified atom stereocenters. The van der Waals surface area contributed by atoms with Crippen LogP contribution >= 0.6 is 12.4 Å². The number of benzene rings is 1. The smallest absolute Gasteiger partial charge is 0.311 e. The predicted octanol–water partition coefficient (Wildman–Crippen LogP) is 2.19. The van der Waals surface area contributed by atoms with Crippen molar-refractivity contribution in [1.29, 1.82) is 0 Å². The number of halogens is 1. The third-order valence-electron chi connectivity index (χ3n) is 3.79. The van der Waals surface area contributed by atoms with Crippen molar-refractivity contribution >= 4 is 18.1 Å². The second-order valence-corrected chi connectivity index (χ2v) is 4.90. The Balaban J connectivity index is 0.00000200. The molecule has 0 heterocycles. The molecular weight excluding hydrogens is 284 g/mol. The number of rotatable bonds is 5. The number of ether oxygens (including phenoxy) is 1. The number of nitro groups is 1. The van der Waals surface area contributed by atoms with Crippen molar-refractivity contribution in [3.63, 3.8) is 0 Å². The quantitative estimate of drug-likeness (QED) is 0.641. The zero-order valence-corrected chi connectivity index (χ0v) is 12.0. The van der Waals surface area contributed by atoms with Crippen LogP contribution in [0.5, 0.6) is 5.75 Å². The van der Waals surface area contributed by atoms with Crippen LogP contribution in [-0.2, 0) is 0 Å². The summed E-state index contributed by atoms with van der Waals surface area (Å²) in [6, 6.07) is 3.96. The van der Waals surface area contributed by atoms with Crippen molar-refractivity contribution in [2.75, 3.05) is 7.11 Å². The molecule has 2 rings (SSSR count). The molecule has 0 spiro atoms. The van der Waals surface area contributed by atoms with Gasteiger partial charge in [-0.15, -0.1) is 12.4 Å². The molecule has 0 aromatic heterocycles. The molecule has 0 amide bonds. The van der Waals surface area contributed by atoms with E-state index in [0.717, 1.165) is 19.3 Å². The van der Waals surface area contributed by atoms with Gasteiger partial charge in [0.2, 0.25) is 0 Å². The van der Waals surface area contributed by atoms with Gasteiger partial charge in [0.25, 0.3) is 0 Å². The summed E-state index contributed by atoms with van der Waals surface area (Å²) in [7, 11) is 1.38. The lowest BCUT2D eigenvalue weighted by Crippen LogP contribution is -2.36. The molecule has 6 nitrogen and oxygen atoms in total. The number of methoxy groups -OCH3 is 1.